The smallest absolute Gasteiger partial charge is 0.337 e. The Balaban J connectivity index is 0.000000217. The van der Waals surface area contributed by atoms with Gasteiger partial charge in [0.2, 0.25) is 0 Å². The molecule has 250 valence electrons. The fourth-order valence-electron chi connectivity index (χ4n) is 4.98. The van der Waals surface area contributed by atoms with Gasteiger partial charge in [-0.1, -0.05) is 23.2 Å². The second kappa shape index (κ2) is 16.3. The molecule has 0 spiro atoms. The average molecular weight is 741 g/mol. The molecule has 15 heteroatoms. The Morgan fingerprint density at radius 3 is 1.69 bits per heavy atom. The molecule has 0 aliphatic rings. The van der Waals surface area contributed by atoms with Gasteiger partial charge in [-0.3, -0.25) is 25.1 Å². The van der Waals surface area contributed by atoms with Gasteiger partial charge in [0.1, 0.15) is 5.52 Å². The third-order valence-corrected chi connectivity index (χ3v) is 7.48. The van der Waals surface area contributed by atoms with Crippen LogP contribution in [-0.2, 0) is 39.4 Å². The molecule has 0 aliphatic carbocycles. The van der Waals surface area contributed by atoms with Gasteiger partial charge in [-0.2, -0.15) is 0 Å². The standard InChI is InChI=1S/C17H12ClN3O4.C17H14ClN3O2.Fe/c1-25-17(22)11-2-3-19-14(8-11)5-10-4-12-7-13(18)9-20-16(12)15(6-10)21(23)24;1-23-17(22)11-2-3-20-14(8-11)5-10-4-12-7-13(18)9-21-16(12)15(19)6-10;/h2-4,6-9H,5H2,1H3;2-4,6-9H,5,19H2,1H3;. The number of carbonyl (C=O) groups is 2. The molecule has 0 amide bonds. The molecule has 4 aromatic heterocycles. The maximum atomic E-state index is 11.6. The number of nitrogens with zero attached hydrogens (tertiary/aromatic N) is 5. The van der Waals surface area contributed by atoms with Gasteiger partial charge in [-0.05, 0) is 65.7 Å². The summed E-state index contributed by atoms with van der Waals surface area (Å²) in [6.45, 7) is 0. The van der Waals surface area contributed by atoms with Crippen LogP contribution in [0.25, 0.3) is 21.8 Å². The van der Waals surface area contributed by atoms with Crippen molar-refractivity contribution in [1.29, 1.82) is 0 Å². The molecule has 0 fully saturated rings. The van der Waals surface area contributed by atoms with Crippen molar-refractivity contribution in [3.05, 3.63) is 139 Å². The maximum absolute atomic E-state index is 11.6. The normalized spacial score (nSPS) is 10.4. The number of nitrogens with two attached hydrogens (primary N) is 1. The third-order valence-electron chi connectivity index (χ3n) is 7.07. The fourth-order valence-corrected chi connectivity index (χ4v) is 5.31. The van der Waals surface area contributed by atoms with Crippen LogP contribution in [0.5, 0.6) is 0 Å². The van der Waals surface area contributed by atoms with Crippen LogP contribution in [0.3, 0.4) is 0 Å². The summed E-state index contributed by atoms with van der Waals surface area (Å²) in [7, 11) is 2.65. The number of aromatic nitrogens is 4. The predicted octanol–water partition coefficient (Wildman–Crippen LogP) is 6.81. The summed E-state index contributed by atoms with van der Waals surface area (Å²) in [5.74, 6) is -0.855. The first-order chi connectivity index (χ1) is 23.0. The topological polar surface area (TPSA) is 173 Å². The Morgan fingerprint density at radius 2 is 1.20 bits per heavy atom. The molecule has 0 atom stereocenters. The van der Waals surface area contributed by atoms with E-state index in [1.54, 1.807) is 48.8 Å². The van der Waals surface area contributed by atoms with Crippen LogP contribution < -0.4 is 5.73 Å². The zero-order valence-electron chi connectivity index (χ0n) is 25.9. The molecule has 6 rings (SSSR count). The van der Waals surface area contributed by atoms with Gasteiger partial charge in [-0.25, -0.2) is 14.6 Å². The summed E-state index contributed by atoms with van der Waals surface area (Å²) in [5.41, 5.74) is 11.3. The number of benzene rings is 2. The van der Waals surface area contributed by atoms with Crippen LogP contribution >= 0.6 is 23.2 Å². The molecule has 2 N–H and O–H groups in total. The number of pyridine rings is 4. The zero-order valence-corrected chi connectivity index (χ0v) is 28.5. The van der Waals surface area contributed by atoms with E-state index < -0.39 is 10.9 Å². The monoisotopic (exact) mass is 740 g/mol. The Hall–Kier alpha value is -5.20. The second-order valence-electron chi connectivity index (χ2n) is 10.4. The molecule has 0 saturated heterocycles. The fraction of sp³-hybridized carbons (Fsp3) is 0.118. The van der Waals surface area contributed by atoms with E-state index in [2.05, 4.69) is 24.7 Å². The van der Waals surface area contributed by atoms with Gasteiger partial charge >= 0.3 is 11.9 Å². The van der Waals surface area contributed by atoms with Crippen molar-refractivity contribution < 1.29 is 41.1 Å². The van der Waals surface area contributed by atoms with Crippen molar-refractivity contribution in [3.8, 4) is 0 Å². The molecule has 2 aromatic carbocycles. The summed E-state index contributed by atoms with van der Waals surface area (Å²) in [6, 6.07) is 17.0. The first-order valence-electron chi connectivity index (χ1n) is 14.2. The number of rotatable bonds is 7. The molecule has 0 saturated carbocycles. The number of non-ortho nitro benzene ring substituents is 1. The number of hydrogen-bond acceptors (Lipinski definition) is 11. The van der Waals surface area contributed by atoms with Gasteiger partial charge in [0.05, 0.1) is 51.5 Å². The van der Waals surface area contributed by atoms with Crippen LogP contribution in [0.15, 0.2) is 85.5 Å². The number of halogens is 2. The van der Waals surface area contributed by atoms with Gasteiger partial charge in [-0.15, -0.1) is 0 Å². The molecule has 49 heavy (non-hydrogen) atoms. The van der Waals surface area contributed by atoms with Crippen molar-refractivity contribution in [2.75, 3.05) is 20.0 Å². The first-order valence-corrected chi connectivity index (χ1v) is 14.9. The van der Waals surface area contributed by atoms with Gasteiger partial charge < -0.3 is 15.2 Å². The van der Waals surface area contributed by atoms with Crippen LogP contribution in [0, 0.1) is 10.1 Å². The Labute approximate surface area is 300 Å². The molecule has 12 nitrogen and oxygen atoms in total. The van der Waals surface area contributed by atoms with Crippen molar-refractivity contribution in [3.63, 3.8) is 0 Å². The van der Waals surface area contributed by atoms with E-state index in [1.165, 1.54) is 32.7 Å². The Morgan fingerprint density at radius 1 is 0.735 bits per heavy atom. The number of ether oxygens (including phenoxy) is 2. The zero-order chi connectivity index (χ0) is 34.4. The summed E-state index contributed by atoms with van der Waals surface area (Å²) in [5, 5.41) is 13.7. The number of esters is 2. The molecule has 6 aromatic rings. The third kappa shape index (κ3) is 9.03. The number of carbonyl (C=O) groups excluding carboxylic acids is 2. The summed E-state index contributed by atoms with van der Waals surface area (Å²) in [6.07, 6.45) is 6.88. The molecule has 4 heterocycles. The van der Waals surface area contributed by atoms with Crippen molar-refractivity contribution in [2.45, 2.75) is 12.8 Å². The summed E-state index contributed by atoms with van der Waals surface area (Å²) in [4.78, 5) is 50.8. The number of nitrogen functional groups attached to an aromatic ring is 1. The van der Waals surface area contributed by atoms with Crippen molar-refractivity contribution in [2.24, 2.45) is 0 Å². The molecule has 0 radical (unpaired) electrons. The minimum atomic E-state index is -0.481. The number of nitro benzene ring substituents is 1. The van der Waals surface area contributed by atoms with Crippen LogP contribution in [0.1, 0.15) is 43.2 Å². The SMILES string of the molecule is COC(=O)c1ccnc(Cc2cc(N)c3ncc(Cl)cc3c2)c1.COC(=O)c1ccnc(Cc2cc([N+](=O)[O-])c3ncc(Cl)cc3c2)c1.[Fe]. The Kier molecular flexibility index (Phi) is 12.2. The first kappa shape index (κ1) is 36.6. The van der Waals surface area contributed by atoms with E-state index in [-0.39, 0.29) is 34.2 Å². The largest absolute Gasteiger partial charge is 0.465 e. The van der Waals surface area contributed by atoms with Crippen molar-refractivity contribution in [1.82, 2.24) is 19.9 Å². The van der Waals surface area contributed by atoms with Crippen LogP contribution in [0.2, 0.25) is 10.0 Å². The molecule has 0 aliphatic heterocycles. The van der Waals surface area contributed by atoms with E-state index in [0.717, 1.165) is 22.2 Å². The quantitative estimate of drug-likeness (QED) is 0.0599. The molecule has 0 unspecified atom stereocenters. The van der Waals surface area contributed by atoms with Gasteiger partial charge in [0.15, 0.2) is 0 Å². The van der Waals surface area contributed by atoms with E-state index in [9.17, 15) is 19.7 Å². The average Bonchev–Trinajstić information content (AvgIpc) is 3.07. The van der Waals surface area contributed by atoms with Crippen LogP contribution in [0.4, 0.5) is 11.4 Å². The number of fused-ring (bicyclic) bond motifs is 2. The van der Waals surface area contributed by atoms with E-state index in [4.69, 9.17) is 33.7 Å². The number of nitro groups is 1. The summed E-state index contributed by atoms with van der Waals surface area (Å²) >= 11 is 11.9. The van der Waals surface area contributed by atoms with Crippen molar-refractivity contribution >= 4 is 68.3 Å². The minimum absolute atomic E-state index is 0. The minimum Gasteiger partial charge on any atom is -0.465 e. The number of methoxy groups -OCH3 is 2. The number of anilines is 1. The molecular weight excluding hydrogens is 715 g/mol. The van der Waals surface area contributed by atoms with Crippen LogP contribution in [-0.4, -0.2) is 51.0 Å². The van der Waals surface area contributed by atoms with Gasteiger partial charge in [0, 0.05) is 82.9 Å². The number of hydrogen-bond donors (Lipinski definition) is 1. The molecule has 0 bridgehead atoms. The van der Waals surface area contributed by atoms with E-state index in [1.807, 2.05) is 18.2 Å². The van der Waals surface area contributed by atoms with E-state index in [0.29, 0.717) is 56.3 Å². The van der Waals surface area contributed by atoms with E-state index >= 15 is 0 Å². The molecular formula is C34H26Cl2FeN6O6. The second-order valence-corrected chi connectivity index (χ2v) is 11.3. The van der Waals surface area contributed by atoms with Gasteiger partial charge in [0.25, 0.3) is 5.69 Å². The summed E-state index contributed by atoms with van der Waals surface area (Å²) < 4.78 is 9.41. The predicted molar refractivity (Wildman–Crippen MR) is 181 cm³/mol. The Bertz CT molecular complexity index is 2200. The maximum Gasteiger partial charge on any atom is 0.337 e.